The van der Waals surface area contributed by atoms with Crippen LogP contribution in [-0.2, 0) is 0 Å². The molecule has 0 bridgehead atoms. The number of hydrogen-bond donors (Lipinski definition) is 3. The number of carbonyl (C=O) groups excluding carboxylic acids is 1. The van der Waals surface area contributed by atoms with Gasteiger partial charge in [0.1, 0.15) is 5.75 Å². The van der Waals surface area contributed by atoms with Crippen molar-refractivity contribution in [1.82, 2.24) is 0 Å². The zero-order valence-corrected chi connectivity index (χ0v) is 12.1. The molecule has 2 aromatic carbocycles. The standard InChI is InChI=1S/C18H18O4/c19-15-8-13(12-5-6-16(20)17(21)10-12)7-14(9-15)18(22)11-3-1-2-4-11/h5-11,19-21H,1-4H2. The van der Waals surface area contributed by atoms with E-state index in [1.165, 1.54) is 24.3 Å². The fourth-order valence-electron chi connectivity index (χ4n) is 3.05. The lowest BCUT2D eigenvalue weighted by Crippen LogP contribution is -2.10. The van der Waals surface area contributed by atoms with E-state index in [0.717, 1.165) is 25.7 Å². The van der Waals surface area contributed by atoms with Gasteiger partial charge in [-0.25, -0.2) is 0 Å². The SMILES string of the molecule is O=C(c1cc(O)cc(-c2ccc(O)c(O)c2)c1)C1CCCC1. The van der Waals surface area contributed by atoms with Gasteiger partial charge in [0.05, 0.1) is 0 Å². The van der Waals surface area contributed by atoms with Crippen LogP contribution in [0.3, 0.4) is 0 Å². The average molecular weight is 298 g/mol. The van der Waals surface area contributed by atoms with E-state index in [1.54, 1.807) is 12.1 Å². The van der Waals surface area contributed by atoms with Gasteiger partial charge in [-0.15, -0.1) is 0 Å². The summed E-state index contributed by atoms with van der Waals surface area (Å²) in [6.45, 7) is 0. The first-order chi connectivity index (χ1) is 10.5. The Morgan fingerprint density at radius 1 is 0.864 bits per heavy atom. The summed E-state index contributed by atoms with van der Waals surface area (Å²) in [6.07, 6.45) is 3.97. The molecule has 0 amide bonds. The lowest BCUT2D eigenvalue weighted by atomic mass is 9.93. The van der Waals surface area contributed by atoms with E-state index in [4.69, 9.17) is 0 Å². The molecule has 4 heteroatoms. The Bertz CT molecular complexity index is 715. The van der Waals surface area contributed by atoms with Gasteiger partial charge in [0.25, 0.3) is 0 Å². The number of ketones is 1. The van der Waals surface area contributed by atoms with Crippen LogP contribution in [-0.4, -0.2) is 21.1 Å². The minimum Gasteiger partial charge on any atom is -0.508 e. The lowest BCUT2D eigenvalue weighted by molar-refractivity contribution is 0.0922. The maximum absolute atomic E-state index is 12.5. The molecule has 3 N–H and O–H groups in total. The van der Waals surface area contributed by atoms with E-state index in [9.17, 15) is 20.1 Å². The van der Waals surface area contributed by atoms with Crippen molar-refractivity contribution in [3.05, 3.63) is 42.0 Å². The van der Waals surface area contributed by atoms with Crippen molar-refractivity contribution in [3.8, 4) is 28.4 Å². The van der Waals surface area contributed by atoms with Gasteiger partial charge in [-0.05, 0) is 54.3 Å². The number of hydrogen-bond acceptors (Lipinski definition) is 4. The fraction of sp³-hybridized carbons (Fsp3) is 0.278. The van der Waals surface area contributed by atoms with E-state index in [1.807, 2.05) is 0 Å². The van der Waals surface area contributed by atoms with Crippen molar-refractivity contribution >= 4 is 5.78 Å². The van der Waals surface area contributed by atoms with Crippen molar-refractivity contribution in [2.45, 2.75) is 25.7 Å². The molecule has 0 aliphatic heterocycles. The van der Waals surface area contributed by atoms with Gasteiger partial charge in [-0.1, -0.05) is 18.9 Å². The third-order valence-corrected chi connectivity index (χ3v) is 4.24. The van der Waals surface area contributed by atoms with Crippen molar-refractivity contribution in [1.29, 1.82) is 0 Å². The average Bonchev–Trinajstić information content (AvgIpc) is 3.03. The van der Waals surface area contributed by atoms with Crippen molar-refractivity contribution < 1.29 is 20.1 Å². The summed E-state index contributed by atoms with van der Waals surface area (Å²) in [7, 11) is 0. The molecule has 0 atom stereocenters. The van der Waals surface area contributed by atoms with Crippen LogP contribution >= 0.6 is 0 Å². The third kappa shape index (κ3) is 2.77. The summed E-state index contributed by atoms with van der Waals surface area (Å²) >= 11 is 0. The minimum atomic E-state index is -0.232. The molecule has 0 aromatic heterocycles. The predicted octanol–water partition coefficient (Wildman–Crippen LogP) is 3.84. The van der Waals surface area contributed by atoms with Crippen molar-refractivity contribution in [2.24, 2.45) is 5.92 Å². The number of Topliss-reactive ketones (excluding diaryl/α,β-unsaturated/α-hetero) is 1. The van der Waals surface area contributed by atoms with Crippen LogP contribution in [0.1, 0.15) is 36.0 Å². The number of aromatic hydroxyl groups is 3. The number of benzene rings is 2. The topological polar surface area (TPSA) is 77.8 Å². The first-order valence-electron chi connectivity index (χ1n) is 7.45. The van der Waals surface area contributed by atoms with E-state index in [-0.39, 0.29) is 28.9 Å². The molecule has 3 rings (SSSR count). The number of carbonyl (C=O) groups is 1. The van der Waals surface area contributed by atoms with Gasteiger partial charge >= 0.3 is 0 Å². The highest BCUT2D eigenvalue weighted by Crippen LogP contribution is 2.34. The Morgan fingerprint density at radius 2 is 1.59 bits per heavy atom. The van der Waals surface area contributed by atoms with Gasteiger partial charge in [0, 0.05) is 11.5 Å². The molecule has 4 nitrogen and oxygen atoms in total. The first-order valence-corrected chi connectivity index (χ1v) is 7.45. The number of phenolic OH excluding ortho intramolecular Hbond substituents is 3. The van der Waals surface area contributed by atoms with Crippen LogP contribution < -0.4 is 0 Å². The molecule has 2 aromatic rings. The summed E-state index contributed by atoms with van der Waals surface area (Å²) in [4.78, 5) is 12.5. The highest BCUT2D eigenvalue weighted by Gasteiger charge is 2.24. The molecule has 0 unspecified atom stereocenters. The van der Waals surface area contributed by atoms with Crippen molar-refractivity contribution in [3.63, 3.8) is 0 Å². The largest absolute Gasteiger partial charge is 0.508 e. The zero-order chi connectivity index (χ0) is 15.7. The molecule has 1 aliphatic carbocycles. The second kappa shape index (κ2) is 5.72. The molecular weight excluding hydrogens is 280 g/mol. The molecule has 22 heavy (non-hydrogen) atoms. The van der Waals surface area contributed by atoms with E-state index >= 15 is 0 Å². The Kier molecular flexibility index (Phi) is 3.75. The maximum atomic E-state index is 12.5. The number of phenols is 3. The Hall–Kier alpha value is -2.49. The summed E-state index contributed by atoms with van der Waals surface area (Å²) in [5.41, 5.74) is 1.76. The van der Waals surface area contributed by atoms with Crippen LogP contribution in [0.15, 0.2) is 36.4 Å². The molecule has 0 saturated heterocycles. The highest BCUT2D eigenvalue weighted by molar-refractivity contribution is 5.99. The summed E-state index contributed by atoms with van der Waals surface area (Å²) in [5, 5.41) is 28.9. The van der Waals surface area contributed by atoms with E-state index in [0.29, 0.717) is 16.7 Å². The third-order valence-electron chi connectivity index (χ3n) is 4.24. The summed E-state index contributed by atoms with van der Waals surface area (Å²) in [6, 6.07) is 9.18. The second-order valence-electron chi connectivity index (χ2n) is 5.82. The quantitative estimate of drug-likeness (QED) is 0.594. The van der Waals surface area contributed by atoms with Crippen molar-refractivity contribution in [2.75, 3.05) is 0 Å². The second-order valence-corrected chi connectivity index (χ2v) is 5.82. The van der Waals surface area contributed by atoms with Gasteiger partial charge in [0.15, 0.2) is 17.3 Å². The Balaban J connectivity index is 1.98. The molecule has 0 radical (unpaired) electrons. The fourth-order valence-corrected chi connectivity index (χ4v) is 3.05. The maximum Gasteiger partial charge on any atom is 0.166 e. The molecular formula is C18H18O4. The lowest BCUT2D eigenvalue weighted by Gasteiger charge is -2.11. The molecule has 1 saturated carbocycles. The molecule has 1 fully saturated rings. The van der Waals surface area contributed by atoms with E-state index < -0.39 is 0 Å². The monoisotopic (exact) mass is 298 g/mol. The normalized spacial score (nSPS) is 15.1. The van der Waals surface area contributed by atoms with Crippen LogP contribution in [0.4, 0.5) is 0 Å². The van der Waals surface area contributed by atoms with Crippen LogP contribution in [0.5, 0.6) is 17.2 Å². The summed E-state index contributed by atoms with van der Waals surface area (Å²) < 4.78 is 0. The highest BCUT2D eigenvalue weighted by atomic mass is 16.3. The van der Waals surface area contributed by atoms with Gasteiger partial charge < -0.3 is 15.3 Å². The van der Waals surface area contributed by atoms with Crippen LogP contribution in [0.25, 0.3) is 11.1 Å². The smallest absolute Gasteiger partial charge is 0.166 e. The zero-order valence-electron chi connectivity index (χ0n) is 12.1. The van der Waals surface area contributed by atoms with Crippen LogP contribution in [0, 0.1) is 5.92 Å². The molecule has 0 spiro atoms. The van der Waals surface area contributed by atoms with E-state index in [2.05, 4.69) is 0 Å². The number of rotatable bonds is 3. The Morgan fingerprint density at radius 3 is 2.27 bits per heavy atom. The van der Waals surface area contributed by atoms with Gasteiger partial charge in [0.2, 0.25) is 0 Å². The first kappa shape index (κ1) is 14.4. The molecule has 114 valence electrons. The Labute approximate surface area is 128 Å². The van der Waals surface area contributed by atoms with Gasteiger partial charge in [-0.2, -0.15) is 0 Å². The van der Waals surface area contributed by atoms with Gasteiger partial charge in [-0.3, -0.25) is 4.79 Å². The molecule has 1 aliphatic rings. The van der Waals surface area contributed by atoms with Crippen LogP contribution in [0.2, 0.25) is 0 Å². The molecule has 0 heterocycles. The minimum absolute atomic E-state index is 0.0198. The summed E-state index contributed by atoms with van der Waals surface area (Å²) in [5.74, 6) is -0.303. The predicted molar refractivity (Wildman–Crippen MR) is 83.2 cm³/mol.